The average Bonchev–Trinajstić information content (AvgIpc) is 2.59. The predicted octanol–water partition coefficient (Wildman–Crippen LogP) is 3.45. The van der Waals surface area contributed by atoms with Crippen LogP contribution >= 0.6 is 0 Å². The lowest BCUT2D eigenvalue weighted by Gasteiger charge is -2.30. The third-order valence-electron chi connectivity index (χ3n) is 4.23. The van der Waals surface area contributed by atoms with Crippen LogP contribution in [0.15, 0.2) is 24.3 Å². The highest BCUT2D eigenvalue weighted by atomic mass is 16.6. The number of benzene rings is 1. The summed E-state index contributed by atoms with van der Waals surface area (Å²) in [6, 6.07) is 6.22. The molecule has 7 heteroatoms. The summed E-state index contributed by atoms with van der Waals surface area (Å²) in [6.45, 7) is 8.66. The lowest BCUT2D eigenvalue weighted by molar-refractivity contribution is -0.135. The second kappa shape index (κ2) is 8.88. The molecule has 0 unspecified atom stereocenters. The Morgan fingerprint density at radius 3 is 2.26 bits per heavy atom. The highest BCUT2D eigenvalue weighted by Gasteiger charge is 2.21. The SMILES string of the molecule is CC1CCN(C(=O)COC(=O)c2ccc(NC(=O)OC(C)(C)C)cc2)CC1. The fraction of sp³-hybridized carbons (Fsp3) is 0.550. The molecule has 0 aromatic heterocycles. The van der Waals surface area contributed by atoms with Gasteiger partial charge in [-0.05, 0) is 63.8 Å². The van der Waals surface area contributed by atoms with Crippen molar-refractivity contribution in [3.63, 3.8) is 0 Å². The molecule has 1 fully saturated rings. The minimum atomic E-state index is -0.591. The van der Waals surface area contributed by atoms with Gasteiger partial charge in [0.2, 0.25) is 0 Å². The van der Waals surface area contributed by atoms with Crippen molar-refractivity contribution in [2.75, 3.05) is 25.0 Å². The Morgan fingerprint density at radius 1 is 1.11 bits per heavy atom. The number of hydrogen-bond donors (Lipinski definition) is 1. The number of rotatable bonds is 4. The highest BCUT2D eigenvalue weighted by Crippen LogP contribution is 2.16. The summed E-state index contributed by atoms with van der Waals surface area (Å²) in [4.78, 5) is 37.7. The van der Waals surface area contributed by atoms with E-state index in [1.807, 2.05) is 0 Å². The number of carbonyl (C=O) groups is 3. The molecule has 1 aromatic rings. The minimum absolute atomic E-state index is 0.168. The molecular formula is C20H28N2O5. The Balaban J connectivity index is 1.81. The fourth-order valence-corrected chi connectivity index (χ4v) is 2.67. The van der Waals surface area contributed by atoms with Crippen molar-refractivity contribution in [1.82, 2.24) is 4.90 Å². The van der Waals surface area contributed by atoms with Gasteiger partial charge in [0.05, 0.1) is 5.56 Å². The number of anilines is 1. The number of carbonyl (C=O) groups excluding carboxylic acids is 3. The molecule has 0 aliphatic carbocycles. The van der Waals surface area contributed by atoms with Gasteiger partial charge < -0.3 is 14.4 Å². The van der Waals surface area contributed by atoms with E-state index in [1.54, 1.807) is 37.8 Å². The van der Waals surface area contributed by atoms with Gasteiger partial charge in [-0.2, -0.15) is 0 Å². The molecule has 1 aromatic carbocycles. The van der Waals surface area contributed by atoms with E-state index >= 15 is 0 Å². The van der Waals surface area contributed by atoms with Gasteiger partial charge >= 0.3 is 12.1 Å². The fourth-order valence-electron chi connectivity index (χ4n) is 2.67. The van der Waals surface area contributed by atoms with E-state index in [9.17, 15) is 14.4 Å². The molecule has 0 saturated carbocycles. The molecule has 1 aliphatic rings. The summed E-state index contributed by atoms with van der Waals surface area (Å²) < 4.78 is 10.3. The third kappa shape index (κ3) is 6.92. The molecule has 148 valence electrons. The maximum Gasteiger partial charge on any atom is 0.412 e. The number of amides is 2. The summed E-state index contributed by atoms with van der Waals surface area (Å²) in [7, 11) is 0. The van der Waals surface area contributed by atoms with Gasteiger partial charge in [-0.15, -0.1) is 0 Å². The van der Waals surface area contributed by atoms with Gasteiger partial charge in [0, 0.05) is 18.8 Å². The van der Waals surface area contributed by atoms with Crippen LogP contribution in [0.3, 0.4) is 0 Å². The summed E-state index contributed by atoms with van der Waals surface area (Å²) >= 11 is 0. The van der Waals surface area contributed by atoms with Gasteiger partial charge in [-0.3, -0.25) is 10.1 Å². The Labute approximate surface area is 160 Å². The lowest BCUT2D eigenvalue weighted by atomic mass is 9.99. The Hall–Kier alpha value is -2.57. The summed E-state index contributed by atoms with van der Waals surface area (Å²) in [6.07, 6.45) is 1.39. The number of ether oxygens (including phenoxy) is 2. The standard InChI is InChI=1S/C20H28N2O5/c1-14-9-11-22(12-10-14)17(23)13-26-18(24)15-5-7-16(8-6-15)21-19(25)27-20(2,3)4/h5-8,14H,9-13H2,1-4H3,(H,21,25). The average molecular weight is 376 g/mol. The molecular weight excluding hydrogens is 348 g/mol. The Kier molecular flexibility index (Phi) is 6.82. The minimum Gasteiger partial charge on any atom is -0.452 e. The van der Waals surface area contributed by atoms with Crippen LogP contribution in [0.25, 0.3) is 0 Å². The van der Waals surface area contributed by atoms with Crippen molar-refractivity contribution in [2.24, 2.45) is 5.92 Å². The van der Waals surface area contributed by atoms with Crippen LogP contribution in [-0.2, 0) is 14.3 Å². The first kappa shape index (κ1) is 20.7. The van der Waals surface area contributed by atoms with Crippen LogP contribution in [0.5, 0.6) is 0 Å². The molecule has 0 radical (unpaired) electrons. The molecule has 7 nitrogen and oxygen atoms in total. The molecule has 0 spiro atoms. The normalized spacial score (nSPS) is 15.2. The van der Waals surface area contributed by atoms with E-state index in [0.29, 0.717) is 30.3 Å². The zero-order chi connectivity index (χ0) is 20.0. The second-order valence-corrected chi connectivity index (χ2v) is 7.84. The number of piperidine rings is 1. The van der Waals surface area contributed by atoms with Crippen molar-refractivity contribution in [3.05, 3.63) is 29.8 Å². The summed E-state index contributed by atoms with van der Waals surface area (Å²) in [5.74, 6) is -0.111. The topological polar surface area (TPSA) is 84.9 Å². The molecule has 1 aliphatic heterocycles. The smallest absolute Gasteiger partial charge is 0.412 e. The van der Waals surface area contributed by atoms with Crippen molar-refractivity contribution in [1.29, 1.82) is 0 Å². The van der Waals surface area contributed by atoms with Crippen LogP contribution in [-0.4, -0.2) is 48.2 Å². The second-order valence-electron chi connectivity index (χ2n) is 7.84. The molecule has 1 heterocycles. The Morgan fingerprint density at radius 2 is 1.70 bits per heavy atom. The van der Waals surface area contributed by atoms with Crippen molar-refractivity contribution < 1.29 is 23.9 Å². The molecule has 0 bridgehead atoms. The van der Waals surface area contributed by atoms with E-state index < -0.39 is 17.7 Å². The largest absolute Gasteiger partial charge is 0.452 e. The Bertz CT molecular complexity index is 671. The zero-order valence-corrected chi connectivity index (χ0v) is 16.4. The van der Waals surface area contributed by atoms with E-state index in [2.05, 4.69) is 12.2 Å². The van der Waals surface area contributed by atoms with Gasteiger partial charge in [-0.25, -0.2) is 9.59 Å². The van der Waals surface area contributed by atoms with Crippen molar-refractivity contribution >= 4 is 23.7 Å². The first-order valence-corrected chi connectivity index (χ1v) is 9.19. The maximum absolute atomic E-state index is 12.1. The van der Waals surface area contributed by atoms with E-state index in [0.717, 1.165) is 12.8 Å². The van der Waals surface area contributed by atoms with Gasteiger partial charge in [0.1, 0.15) is 5.60 Å². The number of nitrogens with one attached hydrogen (secondary N) is 1. The van der Waals surface area contributed by atoms with Gasteiger partial charge in [0.15, 0.2) is 6.61 Å². The number of likely N-dealkylation sites (tertiary alicyclic amines) is 1. The molecule has 0 atom stereocenters. The van der Waals surface area contributed by atoms with Crippen molar-refractivity contribution in [2.45, 2.75) is 46.1 Å². The number of nitrogens with zero attached hydrogens (tertiary/aromatic N) is 1. The number of esters is 1. The summed E-state index contributed by atoms with van der Waals surface area (Å²) in [5.41, 5.74) is 0.219. The highest BCUT2D eigenvalue weighted by molar-refractivity contribution is 5.92. The lowest BCUT2D eigenvalue weighted by Crippen LogP contribution is -2.40. The van der Waals surface area contributed by atoms with Crippen molar-refractivity contribution in [3.8, 4) is 0 Å². The van der Waals surface area contributed by atoms with E-state index in [1.165, 1.54) is 12.1 Å². The number of hydrogen-bond acceptors (Lipinski definition) is 5. The quantitative estimate of drug-likeness (QED) is 0.814. The van der Waals surface area contributed by atoms with Crippen LogP contribution in [0, 0.1) is 5.92 Å². The predicted molar refractivity (Wildman–Crippen MR) is 102 cm³/mol. The molecule has 1 saturated heterocycles. The van der Waals surface area contributed by atoms with Crippen LogP contribution in [0.1, 0.15) is 50.9 Å². The van der Waals surface area contributed by atoms with Crippen LogP contribution in [0.2, 0.25) is 0 Å². The maximum atomic E-state index is 12.1. The first-order valence-electron chi connectivity index (χ1n) is 9.19. The van der Waals surface area contributed by atoms with E-state index in [4.69, 9.17) is 9.47 Å². The van der Waals surface area contributed by atoms with Gasteiger partial charge in [0.25, 0.3) is 5.91 Å². The summed E-state index contributed by atoms with van der Waals surface area (Å²) in [5, 5.41) is 2.59. The van der Waals surface area contributed by atoms with Gasteiger partial charge in [-0.1, -0.05) is 6.92 Å². The molecule has 27 heavy (non-hydrogen) atoms. The van der Waals surface area contributed by atoms with E-state index in [-0.39, 0.29) is 12.5 Å². The first-order chi connectivity index (χ1) is 12.6. The molecule has 2 rings (SSSR count). The van der Waals surface area contributed by atoms with Crippen LogP contribution in [0.4, 0.5) is 10.5 Å². The monoisotopic (exact) mass is 376 g/mol. The zero-order valence-electron chi connectivity index (χ0n) is 16.4. The van der Waals surface area contributed by atoms with Crippen LogP contribution < -0.4 is 5.32 Å². The molecule has 1 N–H and O–H groups in total. The molecule has 2 amide bonds. The third-order valence-corrected chi connectivity index (χ3v) is 4.23.